The van der Waals surface area contributed by atoms with Crippen LogP contribution in [0.2, 0.25) is 0 Å². The number of halogens is 6. The lowest BCUT2D eigenvalue weighted by Gasteiger charge is -2.56. The first-order chi connectivity index (χ1) is 35.7. The Balaban J connectivity index is 0.855. The second kappa shape index (κ2) is 19.1. The number of fused-ring (bicyclic) bond motifs is 3. The zero-order valence-corrected chi connectivity index (χ0v) is 41.1. The van der Waals surface area contributed by atoms with E-state index in [1.807, 2.05) is 28.0 Å². The number of aromatic nitrogens is 2. The number of anilines is 4. The van der Waals surface area contributed by atoms with Crippen molar-refractivity contribution in [2.45, 2.75) is 98.4 Å². The number of H-pyrrole nitrogens is 1. The molecule has 5 fully saturated rings. The van der Waals surface area contributed by atoms with Crippen LogP contribution in [0.15, 0.2) is 83.9 Å². The van der Waals surface area contributed by atoms with E-state index in [2.05, 4.69) is 19.9 Å². The number of ether oxygens (including phenoxy) is 3. The van der Waals surface area contributed by atoms with Gasteiger partial charge in [-0.25, -0.2) is 13.1 Å². The first-order valence-electron chi connectivity index (χ1n) is 25.0. The fraction of sp³-hybridized carbons (Fsp3) is 0.490. The number of hydrogen-bond acceptors (Lipinski definition) is 14. The van der Waals surface area contributed by atoms with E-state index in [4.69, 9.17) is 19.2 Å². The first-order valence-corrected chi connectivity index (χ1v) is 26.5. The van der Waals surface area contributed by atoms with Crippen LogP contribution in [0.25, 0.3) is 11.0 Å². The maximum absolute atomic E-state index is 14.6. The monoisotopic (exact) mass is 1070 g/mol. The van der Waals surface area contributed by atoms with E-state index >= 15 is 0 Å². The highest BCUT2D eigenvalue weighted by Crippen LogP contribution is 2.57. The second-order valence-electron chi connectivity index (χ2n) is 20.6. The Labute approximate surface area is 426 Å². The average molecular weight is 1070 g/mol. The molecule has 3 aromatic carbocycles. The number of aliphatic hydroxyl groups is 1. The van der Waals surface area contributed by atoms with Crippen molar-refractivity contribution in [1.82, 2.24) is 19.6 Å². The zero-order valence-electron chi connectivity index (χ0n) is 40.3. The van der Waals surface area contributed by atoms with Gasteiger partial charge in [-0.05, 0) is 117 Å². The van der Waals surface area contributed by atoms with Crippen molar-refractivity contribution in [3.63, 3.8) is 0 Å². The Morgan fingerprint density at radius 1 is 0.907 bits per heavy atom. The molecule has 11 rings (SSSR count). The molecule has 2 aromatic heterocycles. The largest absolute Gasteiger partial charge is 0.468 e. The number of carbonyl (C=O) groups excluding carboxylic acids is 1. The van der Waals surface area contributed by atoms with Gasteiger partial charge in [0.05, 0.1) is 40.3 Å². The summed E-state index contributed by atoms with van der Waals surface area (Å²) in [5.74, 6) is -0.521. The first kappa shape index (κ1) is 50.9. The molecule has 1 spiro atoms. The third kappa shape index (κ3) is 9.18. The Hall–Kier alpha value is -6.21. The van der Waals surface area contributed by atoms with E-state index in [-0.39, 0.29) is 53.3 Å². The summed E-state index contributed by atoms with van der Waals surface area (Å²) in [7, 11) is -4.70. The molecule has 3 atom stereocenters. The SMILES string of the molecule is O=C(NS(=O)(=O)c1ccc(NCC2CCOCC2)c([N+](=O)[O-])c1)c1ccc(N2CCC3(CC2)CC(N2CCC[C@H]2c2ccccc2C(O)(C(F)(F)F)C(F)(F)F)C3)cc1N1c2cc3cc[nH]c3nc2O[C@@H]2COC[C@H]21. The number of carbonyl (C=O) groups is 1. The van der Waals surface area contributed by atoms with Crippen molar-refractivity contribution >= 4 is 55.4 Å². The lowest BCUT2D eigenvalue weighted by Crippen LogP contribution is -2.56. The molecule has 1 amide bonds. The van der Waals surface area contributed by atoms with E-state index in [0.29, 0.717) is 101 Å². The van der Waals surface area contributed by atoms with Crippen molar-refractivity contribution in [2.75, 3.05) is 67.7 Å². The second-order valence-corrected chi connectivity index (χ2v) is 22.3. The maximum atomic E-state index is 14.6. The van der Waals surface area contributed by atoms with Crippen molar-refractivity contribution in [1.29, 1.82) is 0 Å². The molecule has 4 N–H and O–H groups in total. The molecule has 17 nitrogen and oxygen atoms in total. The highest BCUT2D eigenvalue weighted by Gasteiger charge is 2.72. The van der Waals surface area contributed by atoms with Gasteiger partial charge < -0.3 is 39.4 Å². The third-order valence-electron chi connectivity index (χ3n) is 16.3. The summed E-state index contributed by atoms with van der Waals surface area (Å²) < 4.78 is 133. The molecule has 24 heteroatoms. The van der Waals surface area contributed by atoms with Crippen molar-refractivity contribution in [3.8, 4) is 5.88 Å². The van der Waals surface area contributed by atoms with Crippen LogP contribution in [0.5, 0.6) is 5.88 Å². The Morgan fingerprint density at radius 2 is 1.65 bits per heavy atom. The van der Waals surface area contributed by atoms with Crippen molar-refractivity contribution in [3.05, 3.63) is 106 Å². The van der Waals surface area contributed by atoms with Crippen LogP contribution in [0.4, 0.5) is 54.8 Å². The van der Waals surface area contributed by atoms with Gasteiger partial charge in [0.15, 0.2) is 0 Å². The number of pyridine rings is 1. The number of benzene rings is 3. The molecule has 7 heterocycles. The standard InChI is InChI=1S/C51H54F6N8O9S/c52-50(53,54)49(67,51(55,56)57)37-5-2-1-4-35(37)39-6-3-17-63(39)33-25-48(26-33)14-18-62(19-15-48)32-7-9-36(40(23-32)64-42-22-31-11-16-58-45(31)60-47(42)74-44-29-73-28-43(44)64)46(66)61-75(70,71)34-8-10-38(41(24-34)65(68)69)59-27-30-12-20-72-21-13-30/h1-2,4-5,7-11,16,22-24,30,33,39,43-44,59,67H,3,6,12-15,17-21,25-29H2,(H,58,60)(H,61,66)/t39-,43+,44+/m0/s1. The Bertz CT molecular complexity index is 3100. The average Bonchev–Trinajstić information content (AvgIpc) is 4.18. The molecule has 75 heavy (non-hydrogen) atoms. The fourth-order valence-electron chi connectivity index (χ4n) is 12.2. The van der Waals surface area contributed by atoms with Gasteiger partial charge in [-0.15, -0.1) is 0 Å². The van der Waals surface area contributed by atoms with Crippen LogP contribution >= 0.6 is 0 Å². The normalized spacial score (nSPS) is 22.7. The van der Waals surface area contributed by atoms with Crippen LogP contribution in [-0.2, 0) is 25.1 Å². The highest BCUT2D eigenvalue weighted by atomic mass is 32.2. The number of likely N-dealkylation sites (tertiary alicyclic amines) is 1. The molecule has 6 aliphatic rings. The van der Waals surface area contributed by atoms with E-state index in [1.165, 1.54) is 30.3 Å². The number of nitro benzene ring substituents is 1. The van der Waals surface area contributed by atoms with Gasteiger partial charge in [0.2, 0.25) is 5.88 Å². The number of nitrogens with one attached hydrogen (secondary N) is 3. The van der Waals surface area contributed by atoms with E-state index in [0.717, 1.165) is 36.4 Å². The summed E-state index contributed by atoms with van der Waals surface area (Å²) in [4.78, 5) is 39.5. The Kier molecular flexibility index (Phi) is 13.0. The number of amides is 1. The van der Waals surface area contributed by atoms with Gasteiger partial charge in [-0.2, -0.15) is 31.3 Å². The fourth-order valence-corrected chi connectivity index (χ4v) is 13.2. The summed E-state index contributed by atoms with van der Waals surface area (Å²) in [5, 5.41) is 26.6. The van der Waals surface area contributed by atoms with Gasteiger partial charge in [0, 0.05) is 73.8 Å². The molecule has 400 valence electrons. The van der Waals surface area contributed by atoms with E-state index in [9.17, 15) is 54.8 Å². The topological polar surface area (TPSA) is 205 Å². The lowest BCUT2D eigenvalue weighted by molar-refractivity contribution is -0.384. The predicted octanol–water partition coefficient (Wildman–Crippen LogP) is 8.62. The number of hydrogen-bond donors (Lipinski definition) is 4. The number of alkyl halides is 6. The third-order valence-corrected chi connectivity index (χ3v) is 17.6. The van der Waals surface area contributed by atoms with Crippen LogP contribution in [0, 0.1) is 21.4 Å². The van der Waals surface area contributed by atoms with Crippen LogP contribution in [-0.4, -0.2) is 122 Å². The molecule has 5 aliphatic heterocycles. The van der Waals surface area contributed by atoms with Crippen LogP contribution < -0.4 is 24.6 Å². The summed E-state index contributed by atoms with van der Waals surface area (Å²) in [6.45, 7) is 3.59. The number of nitrogens with zero attached hydrogens (tertiary/aromatic N) is 5. The highest BCUT2D eigenvalue weighted by molar-refractivity contribution is 7.90. The van der Waals surface area contributed by atoms with Crippen molar-refractivity contribution < 1.29 is 63.8 Å². The maximum Gasteiger partial charge on any atom is 0.430 e. The molecular weight excluding hydrogens is 1010 g/mol. The van der Waals surface area contributed by atoms with Gasteiger partial charge in [-0.1, -0.05) is 24.3 Å². The number of nitro groups is 1. The molecule has 1 saturated carbocycles. The summed E-state index contributed by atoms with van der Waals surface area (Å²) in [6.07, 6.45) is -5.60. The van der Waals surface area contributed by atoms with Gasteiger partial charge in [0.1, 0.15) is 23.1 Å². The quantitative estimate of drug-likeness (QED) is 0.0525. The zero-order chi connectivity index (χ0) is 52.7. The Morgan fingerprint density at radius 3 is 2.39 bits per heavy atom. The van der Waals surface area contributed by atoms with Gasteiger partial charge in [-0.3, -0.25) is 19.8 Å². The van der Waals surface area contributed by atoms with E-state index in [1.54, 1.807) is 12.3 Å². The van der Waals surface area contributed by atoms with E-state index < -0.39 is 73.1 Å². The summed E-state index contributed by atoms with van der Waals surface area (Å²) in [5.41, 5.74) is -4.84. The molecule has 1 aliphatic carbocycles. The molecule has 4 saturated heterocycles. The predicted molar refractivity (Wildman–Crippen MR) is 262 cm³/mol. The summed E-state index contributed by atoms with van der Waals surface area (Å²) >= 11 is 0. The number of sulfonamides is 1. The van der Waals surface area contributed by atoms with Crippen LogP contribution in [0.1, 0.15) is 78.9 Å². The van der Waals surface area contributed by atoms with Crippen LogP contribution in [0.3, 0.4) is 0 Å². The number of rotatable bonds is 12. The van der Waals surface area contributed by atoms with Gasteiger partial charge >= 0.3 is 12.4 Å². The molecule has 0 unspecified atom stereocenters. The number of aromatic amines is 1. The molecular formula is C51H54F6N8O9S. The summed E-state index contributed by atoms with van der Waals surface area (Å²) in [6, 6.07) is 15.3. The minimum atomic E-state index is -6.01. The minimum Gasteiger partial charge on any atom is -0.468 e. The number of piperidine rings is 1. The molecule has 5 aromatic rings. The lowest BCUT2D eigenvalue weighted by atomic mass is 9.59. The molecule has 0 radical (unpaired) electrons. The molecule has 0 bridgehead atoms. The smallest absolute Gasteiger partial charge is 0.430 e. The minimum absolute atomic E-state index is 0.0276. The van der Waals surface area contributed by atoms with Gasteiger partial charge in [0.25, 0.3) is 27.2 Å². The van der Waals surface area contributed by atoms with Crippen molar-refractivity contribution in [2.24, 2.45) is 11.3 Å².